The van der Waals surface area contributed by atoms with Crippen LogP contribution < -0.4 is 10.5 Å². The number of halogens is 1. The number of aliphatic imine (C=N–C) groups is 1. The zero-order valence-electron chi connectivity index (χ0n) is 13.6. The van der Waals surface area contributed by atoms with Crippen molar-refractivity contribution in [3.63, 3.8) is 0 Å². The highest BCUT2D eigenvalue weighted by Crippen LogP contribution is 2.26. The Kier molecular flexibility index (Phi) is 4.46. The van der Waals surface area contributed by atoms with E-state index in [-0.39, 0.29) is 17.7 Å². The van der Waals surface area contributed by atoms with Crippen LogP contribution >= 0.6 is 0 Å². The Bertz CT molecular complexity index is 786. The molecule has 1 heterocycles. The van der Waals surface area contributed by atoms with E-state index in [9.17, 15) is 4.39 Å². The smallest absolute Gasteiger partial charge is 0.217 e. The minimum atomic E-state index is -0.307. The molecule has 3 rings (SSSR count). The first kappa shape index (κ1) is 16.0. The first-order chi connectivity index (χ1) is 11.6. The number of benzene rings is 2. The van der Waals surface area contributed by atoms with Crippen molar-refractivity contribution in [3.8, 4) is 5.75 Å². The second-order valence-corrected chi connectivity index (χ2v) is 5.62. The Balaban J connectivity index is 1.88. The average molecular weight is 326 g/mol. The summed E-state index contributed by atoms with van der Waals surface area (Å²) in [6.45, 7) is 2.71. The van der Waals surface area contributed by atoms with Crippen molar-refractivity contribution in [3.05, 3.63) is 59.9 Å². The number of nitrogens with two attached hydrogens (primary N) is 1. The van der Waals surface area contributed by atoms with Crippen molar-refractivity contribution in [2.24, 2.45) is 21.7 Å². The van der Waals surface area contributed by atoms with E-state index in [1.165, 1.54) is 12.1 Å². The Hall–Kier alpha value is -2.89. The highest BCUT2D eigenvalue weighted by Gasteiger charge is 2.27. The van der Waals surface area contributed by atoms with Crippen LogP contribution in [-0.2, 0) is 0 Å². The summed E-state index contributed by atoms with van der Waals surface area (Å²) in [5, 5.41) is 6.26. The Morgan fingerprint density at radius 1 is 1.25 bits per heavy atom. The predicted octanol–water partition coefficient (Wildman–Crippen LogP) is 3.14. The van der Waals surface area contributed by atoms with Crippen molar-refractivity contribution >= 4 is 17.4 Å². The van der Waals surface area contributed by atoms with Gasteiger partial charge in [-0.25, -0.2) is 14.4 Å². The molecule has 0 saturated heterocycles. The van der Waals surface area contributed by atoms with Gasteiger partial charge < -0.3 is 10.5 Å². The molecule has 0 radical (unpaired) electrons. The number of guanidine groups is 1. The lowest BCUT2D eigenvalue weighted by atomic mass is 9.99. The highest BCUT2D eigenvalue weighted by atomic mass is 19.1. The van der Waals surface area contributed by atoms with E-state index in [1.807, 2.05) is 24.3 Å². The number of methoxy groups -OCH3 is 1. The van der Waals surface area contributed by atoms with Crippen molar-refractivity contribution in [2.75, 3.05) is 13.7 Å². The van der Waals surface area contributed by atoms with Gasteiger partial charge in [0.05, 0.1) is 25.1 Å². The third-order valence-corrected chi connectivity index (χ3v) is 3.86. The third kappa shape index (κ3) is 3.22. The van der Waals surface area contributed by atoms with E-state index in [0.29, 0.717) is 12.2 Å². The fourth-order valence-corrected chi connectivity index (χ4v) is 2.64. The predicted molar refractivity (Wildman–Crippen MR) is 93.1 cm³/mol. The third-order valence-electron chi connectivity index (χ3n) is 3.86. The molecular formula is C18H19FN4O. The van der Waals surface area contributed by atoms with Crippen LogP contribution in [0.25, 0.3) is 0 Å². The number of hydrazone groups is 1. The summed E-state index contributed by atoms with van der Waals surface area (Å²) in [7, 11) is 1.64. The Labute approximate surface area is 140 Å². The van der Waals surface area contributed by atoms with Gasteiger partial charge in [0.1, 0.15) is 11.6 Å². The zero-order chi connectivity index (χ0) is 17.1. The lowest BCUT2D eigenvalue weighted by molar-refractivity contribution is 0.413. The van der Waals surface area contributed by atoms with Crippen LogP contribution in [0.15, 0.2) is 58.6 Å². The van der Waals surface area contributed by atoms with Gasteiger partial charge in [0.2, 0.25) is 5.96 Å². The number of hydrogen-bond donors (Lipinski definition) is 1. The van der Waals surface area contributed by atoms with E-state index in [0.717, 1.165) is 17.0 Å². The van der Waals surface area contributed by atoms with Crippen molar-refractivity contribution in [2.45, 2.75) is 6.92 Å². The first-order valence-electron chi connectivity index (χ1n) is 7.67. The van der Waals surface area contributed by atoms with Crippen LogP contribution in [-0.4, -0.2) is 30.3 Å². The molecule has 1 aliphatic heterocycles. The number of para-hydroxylation sites is 1. The second-order valence-electron chi connectivity index (χ2n) is 5.62. The van der Waals surface area contributed by atoms with Gasteiger partial charge in [0.25, 0.3) is 0 Å². The molecule has 24 heavy (non-hydrogen) atoms. The number of nitrogens with zero attached hydrogens (tertiary/aromatic N) is 3. The van der Waals surface area contributed by atoms with Crippen LogP contribution in [0, 0.1) is 11.7 Å². The fourth-order valence-electron chi connectivity index (χ4n) is 2.64. The number of ether oxygens (including phenoxy) is 1. The first-order valence-corrected chi connectivity index (χ1v) is 7.67. The summed E-state index contributed by atoms with van der Waals surface area (Å²) in [5.74, 6) is 0.930. The van der Waals surface area contributed by atoms with Gasteiger partial charge in [0, 0.05) is 11.5 Å². The minimum absolute atomic E-state index is 0.184. The summed E-state index contributed by atoms with van der Waals surface area (Å²) in [5.41, 5.74) is 8.51. The van der Waals surface area contributed by atoms with Crippen LogP contribution in [0.4, 0.5) is 10.1 Å². The molecule has 1 atom stereocenters. The number of rotatable bonds is 3. The molecule has 0 spiro atoms. The Morgan fingerprint density at radius 3 is 2.67 bits per heavy atom. The van der Waals surface area contributed by atoms with E-state index in [1.54, 1.807) is 24.3 Å². The summed E-state index contributed by atoms with van der Waals surface area (Å²) in [6, 6.07) is 13.6. The molecule has 124 valence electrons. The molecule has 0 aromatic heterocycles. The number of hydrogen-bond acceptors (Lipinski definition) is 3. The maximum Gasteiger partial charge on any atom is 0.217 e. The van der Waals surface area contributed by atoms with Gasteiger partial charge in [0.15, 0.2) is 0 Å². The molecule has 0 bridgehead atoms. The lowest BCUT2D eigenvalue weighted by Gasteiger charge is -2.12. The van der Waals surface area contributed by atoms with Gasteiger partial charge in [-0.15, -0.1) is 0 Å². The van der Waals surface area contributed by atoms with Gasteiger partial charge in [-0.1, -0.05) is 19.1 Å². The maximum absolute atomic E-state index is 13.0. The summed E-state index contributed by atoms with van der Waals surface area (Å²) in [6.07, 6.45) is 0. The molecule has 1 aliphatic rings. The SMILES string of the molecule is COc1ccccc1C1=NN(C(N)=Nc2ccc(F)cc2)CC1C. The van der Waals surface area contributed by atoms with Crippen LogP contribution in [0.3, 0.4) is 0 Å². The van der Waals surface area contributed by atoms with E-state index in [4.69, 9.17) is 10.5 Å². The summed E-state index contributed by atoms with van der Waals surface area (Å²) < 4.78 is 18.4. The molecule has 0 saturated carbocycles. The van der Waals surface area contributed by atoms with Crippen LogP contribution in [0.5, 0.6) is 5.75 Å². The van der Waals surface area contributed by atoms with Crippen LogP contribution in [0.2, 0.25) is 0 Å². The summed E-state index contributed by atoms with van der Waals surface area (Å²) >= 11 is 0. The molecule has 1 unspecified atom stereocenters. The maximum atomic E-state index is 13.0. The van der Waals surface area contributed by atoms with E-state index in [2.05, 4.69) is 17.0 Å². The summed E-state index contributed by atoms with van der Waals surface area (Å²) in [4.78, 5) is 4.30. The monoisotopic (exact) mass is 326 g/mol. The average Bonchev–Trinajstić information content (AvgIpc) is 2.98. The molecule has 2 aromatic carbocycles. The lowest BCUT2D eigenvalue weighted by Crippen LogP contribution is -2.32. The molecule has 2 N–H and O–H groups in total. The molecule has 2 aromatic rings. The molecule has 0 fully saturated rings. The van der Waals surface area contributed by atoms with Crippen molar-refractivity contribution < 1.29 is 9.13 Å². The van der Waals surface area contributed by atoms with Gasteiger partial charge in [-0.3, -0.25) is 0 Å². The molecule has 0 amide bonds. The van der Waals surface area contributed by atoms with E-state index >= 15 is 0 Å². The molecular weight excluding hydrogens is 307 g/mol. The van der Waals surface area contributed by atoms with Gasteiger partial charge >= 0.3 is 0 Å². The standard InChI is InChI=1S/C18H19FN4O/c1-12-11-23(18(20)21-14-9-7-13(19)8-10-14)22-17(12)15-5-3-4-6-16(15)24-2/h3-10,12H,11H2,1-2H3,(H2,20,21). The zero-order valence-corrected chi connectivity index (χ0v) is 13.6. The normalized spacial score (nSPS) is 17.8. The van der Waals surface area contributed by atoms with Crippen molar-refractivity contribution in [1.82, 2.24) is 5.01 Å². The largest absolute Gasteiger partial charge is 0.496 e. The highest BCUT2D eigenvalue weighted by molar-refractivity contribution is 6.06. The topological polar surface area (TPSA) is 63.2 Å². The second kappa shape index (κ2) is 6.70. The molecule has 6 heteroatoms. The van der Waals surface area contributed by atoms with Crippen LogP contribution in [0.1, 0.15) is 12.5 Å². The van der Waals surface area contributed by atoms with Gasteiger partial charge in [-0.2, -0.15) is 5.10 Å². The van der Waals surface area contributed by atoms with Crippen molar-refractivity contribution in [1.29, 1.82) is 0 Å². The minimum Gasteiger partial charge on any atom is -0.496 e. The molecule has 0 aliphatic carbocycles. The quantitative estimate of drug-likeness (QED) is 0.696. The van der Waals surface area contributed by atoms with Gasteiger partial charge in [-0.05, 0) is 36.4 Å². The van der Waals surface area contributed by atoms with E-state index < -0.39 is 0 Å². The molecule has 5 nitrogen and oxygen atoms in total. The fraction of sp³-hybridized carbons (Fsp3) is 0.222. The Morgan fingerprint density at radius 2 is 1.96 bits per heavy atom.